The van der Waals surface area contributed by atoms with E-state index in [1.807, 2.05) is 44.2 Å². The number of amides is 2. The van der Waals surface area contributed by atoms with E-state index in [9.17, 15) is 9.59 Å². The molecule has 0 saturated heterocycles. The topological polar surface area (TPSA) is 94.0 Å². The van der Waals surface area contributed by atoms with Crippen LogP contribution in [0.3, 0.4) is 0 Å². The second-order valence-electron chi connectivity index (χ2n) is 6.71. The van der Waals surface area contributed by atoms with E-state index in [2.05, 4.69) is 20.4 Å². The Morgan fingerprint density at radius 2 is 1.68 bits per heavy atom. The lowest BCUT2D eigenvalue weighted by molar-refractivity contribution is -0.136. The second kappa shape index (κ2) is 9.62. The van der Waals surface area contributed by atoms with Gasteiger partial charge in [-0.05, 0) is 56.3 Å². The number of hydrazone groups is 1. The Hall–Kier alpha value is -4.07. The Morgan fingerprint density at radius 3 is 2.35 bits per heavy atom. The molecule has 0 aliphatic carbocycles. The van der Waals surface area contributed by atoms with Gasteiger partial charge in [-0.15, -0.1) is 0 Å². The maximum Gasteiger partial charge on any atom is 0.329 e. The molecule has 8 nitrogen and oxygen atoms in total. The van der Waals surface area contributed by atoms with Gasteiger partial charge in [0, 0.05) is 22.6 Å². The summed E-state index contributed by atoms with van der Waals surface area (Å²) in [6.07, 6.45) is 1.51. The van der Waals surface area contributed by atoms with Crippen LogP contribution in [0.5, 0.6) is 11.5 Å². The zero-order valence-electron chi connectivity index (χ0n) is 17.8. The molecule has 0 aliphatic heterocycles. The summed E-state index contributed by atoms with van der Waals surface area (Å²) in [5, 5.41) is 6.43. The highest BCUT2D eigenvalue weighted by atomic mass is 16.5. The quantitative estimate of drug-likeness (QED) is 0.364. The summed E-state index contributed by atoms with van der Waals surface area (Å²) in [5.41, 5.74) is 6.40. The molecule has 1 heterocycles. The number of hydrogen-bond acceptors (Lipinski definition) is 5. The Balaban J connectivity index is 1.68. The highest BCUT2D eigenvalue weighted by Crippen LogP contribution is 2.23. The van der Waals surface area contributed by atoms with Crippen LogP contribution in [0.2, 0.25) is 0 Å². The van der Waals surface area contributed by atoms with Crippen LogP contribution in [-0.2, 0) is 9.59 Å². The number of nitrogens with one attached hydrogen (secondary N) is 2. The van der Waals surface area contributed by atoms with E-state index in [4.69, 9.17) is 9.47 Å². The van der Waals surface area contributed by atoms with Gasteiger partial charge in [-0.1, -0.05) is 12.1 Å². The van der Waals surface area contributed by atoms with Crippen molar-refractivity contribution in [3.63, 3.8) is 0 Å². The third-order valence-electron chi connectivity index (χ3n) is 4.73. The maximum absolute atomic E-state index is 12.1. The van der Waals surface area contributed by atoms with Gasteiger partial charge in [-0.3, -0.25) is 9.59 Å². The van der Waals surface area contributed by atoms with Crippen molar-refractivity contribution in [2.45, 2.75) is 13.8 Å². The van der Waals surface area contributed by atoms with Crippen molar-refractivity contribution in [1.82, 2.24) is 9.99 Å². The first-order valence-electron chi connectivity index (χ1n) is 9.55. The number of para-hydroxylation sites is 2. The number of carbonyl (C=O) groups excluding carboxylic acids is 2. The largest absolute Gasteiger partial charge is 0.497 e. The van der Waals surface area contributed by atoms with Gasteiger partial charge in [-0.2, -0.15) is 5.10 Å². The molecule has 0 atom stereocenters. The van der Waals surface area contributed by atoms with Crippen molar-refractivity contribution < 1.29 is 19.1 Å². The van der Waals surface area contributed by atoms with Crippen molar-refractivity contribution >= 4 is 23.7 Å². The van der Waals surface area contributed by atoms with Crippen LogP contribution < -0.4 is 20.2 Å². The lowest BCUT2D eigenvalue weighted by Gasteiger charge is -2.10. The molecular weight excluding hydrogens is 396 g/mol. The molecule has 0 aliphatic rings. The van der Waals surface area contributed by atoms with E-state index < -0.39 is 11.8 Å². The van der Waals surface area contributed by atoms with Gasteiger partial charge in [0.2, 0.25) is 0 Å². The molecule has 31 heavy (non-hydrogen) atoms. The number of nitrogens with zero attached hydrogens (tertiary/aromatic N) is 2. The molecule has 0 spiro atoms. The molecule has 2 aromatic carbocycles. The van der Waals surface area contributed by atoms with Crippen molar-refractivity contribution in [2.24, 2.45) is 5.10 Å². The first kappa shape index (κ1) is 21.6. The van der Waals surface area contributed by atoms with Crippen LogP contribution in [0.4, 0.5) is 5.69 Å². The van der Waals surface area contributed by atoms with Gasteiger partial charge < -0.3 is 19.4 Å². The lowest BCUT2D eigenvalue weighted by Crippen LogP contribution is -2.32. The van der Waals surface area contributed by atoms with Crippen molar-refractivity contribution in [2.75, 3.05) is 19.5 Å². The normalized spacial score (nSPS) is 10.7. The summed E-state index contributed by atoms with van der Waals surface area (Å²) in [6, 6.07) is 16.5. The van der Waals surface area contributed by atoms with Crippen LogP contribution in [0.1, 0.15) is 17.0 Å². The molecule has 3 aromatic rings. The number of anilines is 1. The minimum Gasteiger partial charge on any atom is -0.497 e. The van der Waals surface area contributed by atoms with E-state index in [-0.39, 0.29) is 0 Å². The summed E-state index contributed by atoms with van der Waals surface area (Å²) in [7, 11) is 3.11. The van der Waals surface area contributed by atoms with Crippen molar-refractivity contribution in [1.29, 1.82) is 0 Å². The predicted molar refractivity (Wildman–Crippen MR) is 119 cm³/mol. The Kier molecular flexibility index (Phi) is 6.71. The fourth-order valence-electron chi connectivity index (χ4n) is 3.19. The summed E-state index contributed by atoms with van der Waals surface area (Å²) in [5.74, 6) is -0.489. The van der Waals surface area contributed by atoms with E-state index in [0.717, 1.165) is 28.4 Å². The standard InChI is InChI=1S/C23H24N4O4/c1-15-13-17(16(2)27(15)18-9-11-19(30-3)12-10-18)14-24-26-23(29)22(28)25-20-7-5-6-8-21(20)31-4/h5-14H,1-4H3,(H,25,28)(H,26,29)/b24-14-. The van der Waals surface area contributed by atoms with Crippen LogP contribution in [0.15, 0.2) is 59.7 Å². The molecule has 8 heteroatoms. The first-order chi connectivity index (χ1) is 14.9. The maximum atomic E-state index is 12.1. The molecular formula is C23H24N4O4. The minimum atomic E-state index is -0.883. The van der Waals surface area contributed by atoms with Crippen molar-refractivity contribution in [3.05, 3.63) is 71.5 Å². The van der Waals surface area contributed by atoms with E-state index in [1.54, 1.807) is 31.4 Å². The second-order valence-corrected chi connectivity index (χ2v) is 6.71. The van der Waals surface area contributed by atoms with Crippen LogP contribution in [0.25, 0.3) is 5.69 Å². The van der Waals surface area contributed by atoms with E-state index in [1.165, 1.54) is 13.3 Å². The van der Waals surface area contributed by atoms with Gasteiger partial charge in [-0.25, -0.2) is 5.43 Å². The van der Waals surface area contributed by atoms with Gasteiger partial charge in [0.05, 0.1) is 26.1 Å². The molecule has 1 aromatic heterocycles. The van der Waals surface area contributed by atoms with Crippen LogP contribution in [-0.4, -0.2) is 36.8 Å². The molecule has 0 fully saturated rings. The average molecular weight is 420 g/mol. The van der Waals surface area contributed by atoms with Crippen LogP contribution >= 0.6 is 0 Å². The molecule has 2 N–H and O–H groups in total. The summed E-state index contributed by atoms with van der Waals surface area (Å²) in [4.78, 5) is 24.2. The molecule has 0 radical (unpaired) electrons. The number of methoxy groups -OCH3 is 2. The zero-order chi connectivity index (χ0) is 22.4. The highest BCUT2D eigenvalue weighted by molar-refractivity contribution is 6.39. The SMILES string of the molecule is COc1ccc(-n2c(C)cc(/C=N\NC(=O)C(=O)Nc3ccccc3OC)c2C)cc1. The number of aryl methyl sites for hydroxylation is 1. The van der Waals surface area contributed by atoms with Gasteiger partial charge >= 0.3 is 11.8 Å². The molecule has 0 bridgehead atoms. The van der Waals surface area contributed by atoms with Crippen LogP contribution in [0, 0.1) is 13.8 Å². The molecule has 0 saturated carbocycles. The number of aromatic nitrogens is 1. The van der Waals surface area contributed by atoms with Gasteiger partial charge in [0.15, 0.2) is 0 Å². The third kappa shape index (κ3) is 4.92. The number of rotatable bonds is 6. The summed E-state index contributed by atoms with van der Waals surface area (Å²) < 4.78 is 12.4. The fraction of sp³-hybridized carbons (Fsp3) is 0.174. The minimum absolute atomic E-state index is 0.400. The summed E-state index contributed by atoms with van der Waals surface area (Å²) in [6.45, 7) is 3.93. The van der Waals surface area contributed by atoms with Gasteiger partial charge in [0.1, 0.15) is 11.5 Å². The number of benzene rings is 2. The predicted octanol–water partition coefficient (Wildman–Crippen LogP) is 3.20. The number of carbonyl (C=O) groups is 2. The fourth-order valence-corrected chi connectivity index (χ4v) is 3.19. The highest BCUT2D eigenvalue weighted by Gasteiger charge is 2.15. The van der Waals surface area contributed by atoms with E-state index >= 15 is 0 Å². The molecule has 3 rings (SSSR count). The van der Waals surface area contributed by atoms with E-state index in [0.29, 0.717) is 11.4 Å². The van der Waals surface area contributed by atoms with Crippen molar-refractivity contribution in [3.8, 4) is 17.2 Å². The Bertz CT molecular complexity index is 1120. The average Bonchev–Trinajstić information content (AvgIpc) is 3.07. The number of ether oxygens (including phenoxy) is 2. The monoisotopic (exact) mass is 420 g/mol. The zero-order valence-corrected chi connectivity index (χ0v) is 17.8. The molecule has 2 amide bonds. The smallest absolute Gasteiger partial charge is 0.329 e. The lowest BCUT2D eigenvalue weighted by atomic mass is 10.2. The first-order valence-corrected chi connectivity index (χ1v) is 9.55. The Labute approximate surface area is 180 Å². The Morgan fingerprint density at radius 1 is 0.968 bits per heavy atom. The summed E-state index contributed by atoms with van der Waals surface area (Å²) >= 11 is 0. The number of hydrogen-bond donors (Lipinski definition) is 2. The third-order valence-corrected chi connectivity index (χ3v) is 4.73. The van der Waals surface area contributed by atoms with Gasteiger partial charge in [0.25, 0.3) is 0 Å². The molecule has 0 unspecified atom stereocenters. The molecule has 160 valence electrons.